The third-order valence-electron chi connectivity index (χ3n) is 0.365. The van der Waals surface area contributed by atoms with Gasteiger partial charge in [0, 0.05) is 5.57 Å². The maximum Gasteiger partial charge on any atom is 1.00 e. The molecule has 4 heteroatoms. The first-order chi connectivity index (χ1) is 2.64. The van der Waals surface area contributed by atoms with Gasteiger partial charge in [-0.25, -0.2) is 4.79 Å². The van der Waals surface area contributed by atoms with E-state index >= 15 is 0 Å². The van der Waals surface area contributed by atoms with Crippen molar-refractivity contribution >= 4 is 5.97 Å². The molecular weight excluding hydrogens is 138 g/mol. The van der Waals surface area contributed by atoms with Crippen LogP contribution in [0.15, 0.2) is 12.2 Å². The number of carbonyl (C=O) groups is 1. The van der Waals surface area contributed by atoms with E-state index in [1.54, 1.807) is 0 Å². The van der Waals surface area contributed by atoms with Gasteiger partial charge in [0.15, 0.2) is 0 Å². The molecule has 0 aromatic heterocycles. The topological polar surface area (TPSA) is 37.3 Å². The average Bonchev–Trinajstić information content (AvgIpc) is 1.36. The van der Waals surface area contributed by atoms with Gasteiger partial charge in [0.1, 0.15) is 0 Å². The zero-order valence-electron chi connectivity index (χ0n) is 4.94. The minimum Gasteiger partial charge on any atom is -1.00 e. The number of aliphatic carboxylic acids is 1. The van der Waals surface area contributed by atoms with Gasteiger partial charge in [0.25, 0.3) is 0 Å². The number of hydrogen-bond acceptors (Lipinski definition) is 1. The Bertz CT molecular complexity index is 80.0. The molecule has 8 heavy (non-hydrogen) atoms. The van der Waals surface area contributed by atoms with Crippen molar-refractivity contribution in [2.75, 3.05) is 0 Å². The molecule has 0 spiro atoms. The molecule has 0 radical (unpaired) electrons. The van der Waals surface area contributed by atoms with Crippen LogP contribution in [0.3, 0.4) is 0 Å². The monoisotopic (exact) mass is 144 g/mol. The van der Waals surface area contributed by atoms with E-state index in [9.17, 15) is 4.79 Å². The smallest absolute Gasteiger partial charge is 1.00 e. The normalized spacial score (nSPS) is 5.62. The Morgan fingerprint density at radius 1 is 1.62 bits per heavy atom. The van der Waals surface area contributed by atoms with Gasteiger partial charge in [0.2, 0.25) is 0 Å². The van der Waals surface area contributed by atoms with Crippen LogP contribution in [0.1, 0.15) is 6.92 Å². The van der Waals surface area contributed by atoms with Crippen LogP contribution in [-0.2, 0) is 4.79 Å². The summed E-state index contributed by atoms with van der Waals surface area (Å²) in [5.41, 5.74) is 0.176. The minimum atomic E-state index is -0.935. The Morgan fingerprint density at radius 2 is 1.75 bits per heavy atom. The molecule has 0 bridgehead atoms. The van der Waals surface area contributed by atoms with E-state index in [4.69, 9.17) is 5.11 Å². The Labute approximate surface area is 76.7 Å². The first-order valence-electron chi connectivity index (χ1n) is 1.53. The molecule has 0 saturated heterocycles. The molecule has 1 N–H and O–H groups in total. The largest absolute Gasteiger partial charge is 1.00 e. The molecule has 0 saturated carbocycles. The van der Waals surface area contributed by atoms with Crippen LogP contribution < -0.4 is 42.0 Å². The maximum atomic E-state index is 9.60. The van der Waals surface area contributed by atoms with Crippen molar-refractivity contribution in [1.82, 2.24) is 0 Å². The molecule has 0 heterocycles. The second-order valence-electron chi connectivity index (χ2n) is 1.09. The third kappa shape index (κ3) is 9.71. The molecule has 0 amide bonds. The molecule has 0 aromatic carbocycles. The van der Waals surface area contributed by atoms with Gasteiger partial charge in [-0.3, -0.25) is 0 Å². The zero-order valence-corrected chi connectivity index (χ0v) is 7.70. The van der Waals surface area contributed by atoms with Crippen LogP contribution in [0.2, 0.25) is 0 Å². The molecule has 42 valence electrons. The Kier molecular flexibility index (Phi) is 14.8. The molecule has 0 aliphatic heterocycles. The number of carboxylic acids is 1. The molecule has 0 unspecified atom stereocenters. The second kappa shape index (κ2) is 7.50. The Morgan fingerprint density at radius 3 is 1.75 bits per heavy atom. The van der Waals surface area contributed by atoms with Crippen molar-refractivity contribution in [2.45, 2.75) is 6.92 Å². The van der Waals surface area contributed by atoms with Crippen LogP contribution in [0, 0.1) is 0 Å². The van der Waals surface area contributed by atoms with Crippen LogP contribution in [0.5, 0.6) is 0 Å². The van der Waals surface area contributed by atoms with E-state index < -0.39 is 5.97 Å². The summed E-state index contributed by atoms with van der Waals surface area (Å²) in [5.74, 6) is -0.935. The van der Waals surface area contributed by atoms with Crippen LogP contribution in [-0.4, -0.2) is 11.1 Å². The van der Waals surface area contributed by atoms with Crippen molar-refractivity contribution in [3.8, 4) is 0 Å². The summed E-state index contributed by atoms with van der Waals surface area (Å²) < 4.78 is 0. The maximum absolute atomic E-state index is 9.60. The number of halogens is 1. The molecular formula is C4H6ClNaO2. The van der Waals surface area contributed by atoms with E-state index in [-0.39, 0.29) is 47.5 Å². The number of carboxylic acid groups (broad SMARTS) is 1. The summed E-state index contributed by atoms with van der Waals surface area (Å²) in [4.78, 5) is 9.60. The van der Waals surface area contributed by atoms with Crippen LogP contribution in [0.25, 0.3) is 0 Å². The van der Waals surface area contributed by atoms with Gasteiger partial charge in [-0.1, -0.05) is 6.58 Å². The van der Waals surface area contributed by atoms with Crippen molar-refractivity contribution in [3.63, 3.8) is 0 Å². The van der Waals surface area contributed by atoms with Crippen molar-refractivity contribution in [1.29, 1.82) is 0 Å². The molecule has 2 nitrogen and oxygen atoms in total. The van der Waals surface area contributed by atoms with Gasteiger partial charge in [-0.15, -0.1) is 0 Å². The van der Waals surface area contributed by atoms with Gasteiger partial charge in [-0.05, 0) is 6.92 Å². The van der Waals surface area contributed by atoms with E-state index in [2.05, 4.69) is 6.58 Å². The quantitative estimate of drug-likeness (QED) is 0.295. The van der Waals surface area contributed by atoms with E-state index in [0.29, 0.717) is 0 Å². The van der Waals surface area contributed by atoms with Gasteiger partial charge < -0.3 is 17.5 Å². The van der Waals surface area contributed by atoms with E-state index in [1.165, 1.54) is 6.92 Å². The van der Waals surface area contributed by atoms with Crippen molar-refractivity contribution in [2.24, 2.45) is 0 Å². The minimum absolute atomic E-state index is 0. The number of hydrogen-bond donors (Lipinski definition) is 1. The van der Waals surface area contributed by atoms with E-state index in [1.807, 2.05) is 0 Å². The molecule has 0 rings (SSSR count). The van der Waals surface area contributed by atoms with Gasteiger partial charge in [-0.2, -0.15) is 0 Å². The fourth-order valence-electron chi connectivity index (χ4n) is 0. The predicted molar refractivity (Wildman–Crippen MR) is 22.4 cm³/mol. The summed E-state index contributed by atoms with van der Waals surface area (Å²) >= 11 is 0. The summed E-state index contributed by atoms with van der Waals surface area (Å²) in [5, 5.41) is 7.89. The van der Waals surface area contributed by atoms with E-state index in [0.717, 1.165) is 0 Å². The molecule has 0 aromatic rings. The summed E-state index contributed by atoms with van der Waals surface area (Å²) in [7, 11) is 0. The Hall–Kier alpha value is 0.500. The van der Waals surface area contributed by atoms with Crippen molar-refractivity contribution < 1.29 is 51.9 Å². The number of rotatable bonds is 1. The average molecular weight is 145 g/mol. The van der Waals surface area contributed by atoms with Gasteiger partial charge >= 0.3 is 35.5 Å². The second-order valence-corrected chi connectivity index (χ2v) is 1.09. The van der Waals surface area contributed by atoms with Crippen LogP contribution >= 0.6 is 0 Å². The zero-order chi connectivity index (χ0) is 5.15. The standard InChI is InChI=1S/C4H6O2.ClH.Na/c1-3(2)4(5)6;;/h1H2,2H3,(H,5,6);1H;/q;;+1/p-1. The molecule has 0 atom stereocenters. The van der Waals surface area contributed by atoms with Gasteiger partial charge in [0.05, 0.1) is 0 Å². The fourth-order valence-corrected chi connectivity index (χ4v) is 0. The summed E-state index contributed by atoms with van der Waals surface area (Å²) in [6.07, 6.45) is 0. The molecule has 0 aliphatic carbocycles. The third-order valence-corrected chi connectivity index (χ3v) is 0.365. The van der Waals surface area contributed by atoms with Crippen molar-refractivity contribution in [3.05, 3.63) is 12.2 Å². The predicted octanol–water partition coefficient (Wildman–Crippen LogP) is -5.34. The first-order valence-corrected chi connectivity index (χ1v) is 1.53. The SMILES string of the molecule is C=C(C)C(=O)O.[Cl-].[Na+]. The summed E-state index contributed by atoms with van der Waals surface area (Å²) in [6, 6.07) is 0. The first kappa shape index (κ1) is 15.8. The molecule has 0 aliphatic rings. The summed E-state index contributed by atoms with van der Waals surface area (Å²) in [6.45, 7) is 4.60. The molecule has 0 fully saturated rings. The Balaban J connectivity index is -0.000000125. The van der Waals surface area contributed by atoms with Crippen LogP contribution in [0.4, 0.5) is 0 Å². The fraction of sp³-hybridized carbons (Fsp3) is 0.250.